The predicted octanol–water partition coefficient (Wildman–Crippen LogP) is 5.91. The first kappa shape index (κ1) is 21.6. The van der Waals surface area contributed by atoms with Crippen molar-refractivity contribution in [1.82, 2.24) is 0 Å². The van der Waals surface area contributed by atoms with Crippen molar-refractivity contribution >= 4 is 10.1 Å². The van der Waals surface area contributed by atoms with E-state index >= 15 is 0 Å². The van der Waals surface area contributed by atoms with Crippen LogP contribution < -0.4 is 0 Å². The molecule has 0 amide bonds. The summed E-state index contributed by atoms with van der Waals surface area (Å²) in [5, 5.41) is 0. The smallest absolute Gasteiger partial charge is 0.264 e. The van der Waals surface area contributed by atoms with Gasteiger partial charge in [-0.05, 0) is 32.1 Å². The molecule has 0 aromatic rings. The number of hydrogen-bond donors (Lipinski definition) is 1. The van der Waals surface area contributed by atoms with Gasteiger partial charge in [-0.25, -0.2) is 0 Å². The Morgan fingerprint density at radius 1 is 0.682 bits per heavy atom. The fraction of sp³-hybridized carbons (Fsp3) is 0.889. The molecule has 132 valence electrons. The van der Waals surface area contributed by atoms with Gasteiger partial charge in [0.15, 0.2) is 0 Å². The standard InChI is InChI=1S/C18H36O3S/c1-2-3-4-5-6-7-8-9-10-11-12-13-14-15-16-17-18-22(19,20)21/h7-8H,2-6,9-18H2,1H3,(H,19,20,21). The molecule has 1 N–H and O–H groups in total. The highest BCUT2D eigenvalue weighted by atomic mass is 32.2. The molecule has 0 unspecified atom stereocenters. The number of rotatable bonds is 16. The number of allylic oxidation sites excluding steroid dienone is 2. The van der Waals surface area contributed by atoms with E-state index in [9.17, 15) is 8.42 Å². The van der Waals surface area contributed by atoms with E-state index in [1.807, 2.05) is 0 Å². The maximum absolute atomic E-state index is 10.5. The lowest BCUT2D eigenvalue weighted by molar-refractivity contribution is 0.478. The van der Waals surface area contributed by atoms with Crippen molar-refractivity contribution in [2.75, 3.05) is 5.75 Å². The van der Waals surface area contributed by atoms with Gasteiger partial charge in [0.2, 0.25) is 0 Å². The number of unbranched alkanes of at least 4 members (excludes halogenated alkanes) is 12. The van der Waals surface area contributed by atoms with Gasteiger partial charge in [-0.1, -0.05) is 76.9 Å². The van der Waals surface area contributed by atoms with E-state index in [2.05, 4.69) is 19.1 Å². The van der Waals surface area contributed by atoms with E-state index in [1.54, 1.807) is 0 Å². The molecule has 0 aliphatic carbocycles. The minimum absolute atomic E-state index is 0.0855. The largest absolute Gasteiger partial charge is 0.286 e. The van der Waals surface area contributed by atoms with Crippen molar-refractivity contribution in [3.05, 3.63) is 12.2 Å². The first-order chi connectivity index (χ1) is 10.6. The molecule has 3 nitrogen and oxygen atoms in total. The second-order valence-corrected chi connectivity index (χ2v) is 7.80. The lowest BCUT2D eigenvalue weighted by atomic mass is 10.1. The molecule has 0 spiro atoms. The van der Waals surface area contributed by atoms with Gasteiger partial charge in [-0.2, -0.15) is 8.42 Å². The maximum Gasteiger partial charge on any atom is 0.264 e. The summed E-state index contributed by atoms with van der Waals surface area (Å²) in [4.78, 5) is 0. The third-order valence-corrected chi connectivity index (χ3v) is 4.72. The Kier molecular flexibility index (Phi) is 15.3. The summed E-state index contributed by atoms with van der Waals surface area (Å²) in [6, 6.07) is 0. The summed E-state index contributed by atoms with van der Waals surface area (Å²) in [6.07, 6.45) is 21.3. The van der Waals surface area contributed by atoms with Crippen LogP contribution >= 0.6 is 0 Å². The van der Waals surface area contributed by atoms with Crippen LogP contribution in [0.2, 0.25) is 0 Å². The Morgan fingerprint density at radius 3 is 1.55 bits per heavy atom. The summed E-state index contributed by atoms with van der Waals surface area (Å²) in [5.74, 6) is -0.0855. The minimum atomic E-state index is -3.75. The maximum atomic E-state index is 10.5. The van der Waals surface area contributed by atoms with Crippen molar-refractivity contribution in [1.29, 1.82) is 0 Å². The molecule has 0 bridgehead atoms. The molecule has 0 rings (SSSR count). The highest BCUT2D eigenvalue weighted by molar-refractivity contribution is 7.85. The van der Waals surface area contributed by atoms with Crippen molar-refractivity contribution in [3.63, 3.8) is 0 Å². The first-order valence-electron chi connectivity index (χ1n) is 9.16. The zero-order valence-corrected chi connectivity index (χ0v) is 15.2. The van der Waals surface area contributed by atoms with Crippen LogP contribution in [0.25, 0.3) is 0 Å². The normalized spacial score (nSPS) is 12.3. The van der Waals surface area contributed by atoms with Crippen LogP contribution in [0.1, 0.15) is 96.8 Å². The summed E-state index contributed by atoms with van der Waals surface area (Å²) in [5.41, 5.74) is 0. The molecular formula is C18H36O3S. The average molecular weight is 333 g/mol. The summed E-state index contributed by atoms with van der Waals surface area (Å²) in [7, 11) is -3.75. The summed E-state index contributed by atoms with van der Waals surface area (Å²) in [6.45, 7) is 2.25. The Balaban J connectivity index is 3.12. The molecule has 0 aromatic carbocycles. The van der Waals surface area contributed by atoms with Gasteiger partial charge in [-0.15, -0.1) is 0 Å². The molecule has 0 fully saturated rings. The van der Waals surface area contributed by atoms with Gasteiger partial charge < -0.3 is 0 Å². The molecule has 22 heavy (non-hydrogen) atoms. The second-order valence-electron chi connectivity index (χ2n) is 6.22. The van der Waals surface area contributed by atoms with Crippen LogP contribution in [0.15, 0.2) is 12.2 Å². The quantitative estimate of drug-likeness (QED) is 0.217. The van der Waals surface area contributed by atoms with Crippen LogP contribution in [0, 0.1) is 0 Å². The number of hydrogen-bond acceptors (Lipinski definition) is 2. The molecule has 4 heteroatoms. The van der Waals surface area contributed by atoms with Crippen LogP contribution in [0.3, 0.4) is 0 Å². The summed E-state index contributed by atoms with van der Waals surface area (Å²) < 4.78 is 29.7. The Labute approximate surface area is 138 Å². The Hall–Kier alpha value is -0.350. The van der Waals surface area contributed by atoms with Crippen molar-refractivity contribution in [2.45, 2.75) is 96.8 Å². The van der Waals surface area contributed by atoms with E-state index < -0.39 is 10.1 Å². The van der Waals surface area contributed by atoms with Crippen molar-refractivity contribution < 1.29 is 13.0 Å². The Morgan fingerprint density at radius 2 is 1.09 bits per heavy atom. The summed E-state index contributed by atoms with van der Waals surface area (Å²) >= 11 is 0. The molecular weight excluding hydrogens is 296 g/mol. The molecule has 0 saturated heterocycles. The van der Waals surface area contributed by atoms with E-state index in [0.717, 1.165) is 12.8 Å². The third-order valence-electron chi connectivity index (χ3n) is 3.91. The van der Waals surface area contributed by atoms with Crippen LogP contribution in [0.5, 0.6) is 0 Å². The van der Waals surface area contributed by atoms with E-state index in [0.29, 0.717) is 6.42 Å². The van der Waals surface area contributed by atoms with Gasteiger partial charge in [-0.3, -0.25) is 4.55 Å². The third kappa shape index (κ3) is 19.7. The van der Waals surface area contributed by atoms with Gasteiger partial charge >= 0.3 is 0 Å². The fourth-order valence-electron chi connectivity index (χ4n) is 2.53. The lowest BCUT2D eigenvalue weighted by Gasteiger charge is -2.01. The molecule has 0 heterocycles. The van der Waals surface area contributed by atoms with Crippen molar-refractivity contribution in [2.24, 2.45) is 0 Å². The van der Waals surface area contributed by atoms with Crippen LogP contribution in [0.4, 0.5) is 0 Å². The zero-order chi connectivity index (χ0) is 16.5. The van der Waals surface area contributed by atoms with E-state index in [4.69, 9.17) is 4.55 Å². The van der Waals surface area contributed by atoms with E-state index in [-0.39, 0.29) is 5.75 Å². The molecule has 0 atom stereocenters. The predicted molar refractivity (Wildman–Crippen MR) is 95.9 cm³/mol. The SMILES string of the molecule is CCCCCCC=CCCCCCCCCCCS(=O)(=O)O. The lowest BCUT2D eigenvalue weighted by Crippen LogP contribution is -2.03. The first-order valence-corrected chi connectivity index (χ1v) is 10.8. The Bertz CT molecular complexity index is 347. The highest BCUT2D eigenvalue weighted by Crippen LogP contribution is 2.11. The zero-order valence-electron chi connectivity index (χ0n) is 14.4. The highest BCUT2D eigenvalue weighted by Gasteiger charge is 2.02. The minimum Gasteiger partial charge on any atom is -0.286 e. The fourth-order valence-corrected chi connectivity index (χ4v) is 3.10. The van der Waals surface area contributed by atoms with Crippen LogP contribution in [-0.4, -0.2) is 18.7 Å². The van der Waals surface area contributed by atoms with E-state index in [1.165, 1.54) is 70.6 Å². The van der Waals surface area contributed by atoms with Crippen molar-refractivity contribution in [3.8, 4) is 0 Å². The molecule has 0 aromatic heterocycles. The van der Waals surface area contributed by atoms with Gasteiger partial charge in [0, 0.05) is 0 Å². The second kappa shape index (κ2) is 15.5. The molecule has 0 saturated carbocycles. The molecule has 0 aliphatic heterocycles. The monoisotopic (exact) mass is 332 g/mol. The topological polar surface area (TPSA) is 54.4 Å². The van der Waals surface area contributed by atoms with Gasteiger partial charge in [0.25, 0.3) is 10.1 Å². The average Bonchev–Trinajstić information content (AvgIpc) is 2.45. The molecule has 0 aliphatic rings. The van der Waals surface area contributed by atoms with Gasteiger partial charge in [0.05, 0.1) is 5.75 Å². The van der Waals surface area contributed by atoms with Crippen LogP contribution in [-0.2, 0) is 10.1 Å². The van der Waals surface area contributed by atoms with Gasteiger partial charge in [0.1, 0.15) is 0 Å². The molecule has 0 radical (unpaired) electrons.